The Bertz CT molecular complexity index is 2110. The van der Waals surface area contributed by atoms with Gasteiger partial charge in [0.15, 0.2) is 12.2 Å². The molecule has 0 aliphatic rings. The van der Waals surface area contributed by atoms with E-state index in [1.165, 1.54) is 83.5 Å². The van der Waals surface area contributed by atoms with Gasteiger partial charge in [0.2, 0.25) is 0 Å². The normalized spacial score (nSPS) is 14.4. The third-order valence-electron chi connectivity index (χ3n) is 16.1. The van der Waals surface area contributed by atoms with Gasteiger partial charge < -0.3 is 33.8 Å². The molecule has 0 radical (unpaired) electrons. The van der Waals surface area contributed by atoms with E-state index in [-0.39, 0.29) is 25.7 Å². The molecule has 0 fully saturated rings. The third kappa shape index (κ3) is 69.0. The Morgan fingerprint density at radius 3 is 0.854 bits per heavy atom. The number of hydrogen-bond acceptors (Lipinski definition) is 15. The van der Waals surface area contributed by atoms with E-state index in [4.69, 9.17) is 37.0 Å². The predicted molar refractivity (Wildman–Crippen MR) is 390 cm³/mol. The maximum absolute atomic E-state index is 13.1. The van der Waals surface area contributed by atoms with E-state index < -0.39 is 97.5 Å². The standard InChI is InChI=1S/C77H138O17P2/c1-5-9-13-17-21-25-29-33-35-39-41-45-49-53-57-61-74(79)87-67-72(93-76(81)63-59-55-51-47-43-37-31-27-23-19-15-11-7-3)69-91-95(83,84)89-65-71(78)66-90-96(85,86)92-70-73(94-77(82)64-60-56-52-48-44-38-32-28-24-20-16-12-8-4)68-88-75(80)62-58-54-50-46-42-40-36-34-30-26-22-18-14-10-6-2/h15,19,21,25,27-28,31-36,71-73,78H,5-14,16-18,20,22-24,26,29-30,37-70H2,1-4H3,(H,83,84)(H,85,86)/b19-15-,25-21-,31-27-,32-28-,35-33-,36-34-. The van der Waals surface area contributed by atoms with Crippen molar-refractivity contribution in [1.82, 2.24) is 0 Å². The molecule has 0 rings (SSSR count). The summed E-state index contributed by atoms with van der Waals surface area (Å²) < 4.78 is 68.4. The Balaban J connectivity index is 5.34. The molecule has 5 unspecified atom stereocenters. The van der Waals surface area contributed by atoms with E-state index in [1.54, 1.807) is 0 Å². The molecular formula is C77H138O17P2. The molecule has 0 saturated heterocycles. The number of rotatable bonds is 72. The monoisotopic (exact) mass is 1400 g/mol. The van der Waals surface area contributed by atoms with Crippen LogP contribution in [0.15, 0.2) is 72.9 Å². The predicted octanol–water partition coefficient (Wildman–Crippen LogP) is 21.7. The van der Waals surface area contributed by atoms with Crippen molar-refractivity contribution in [3.8, 4) is 0 Å². The fourth-order valence-corrected chi connectivity index (χ4v) is 11.8. The minimum atomic E-state index is -4.97. The number of hydrogen-bond donors (Lipinski definition) is 3. The SMILES string of the molecule is CCC/C=C\C/C=C\CCCCCCCC(=O)OC(COC(=O)CCCCCCC/C=C\C/C=C\CCCCC)COP(=O)(O)OCC(O)COP(=O)(O)OCC(COC(=O)CCCCCCC/C=C\CCCCCCCC)OC(=O)CCCCCCC/C=C\CCCCCC. The smallest absolute Gasteiger partial charge is 0.462 e. The van der Waals surface area contributed by atoms with Crippen molar-refractivity contribution in [2.45, 2.75) is 354 Å². The number of phosphoric ester groups is 2. The lowest BCUT2D eigenvalue weighted by Crippen LogP contribution is -2.30. The van der Waals surface area contributed by atoms with Gasteiger partial charge in [-0.25, -0.2) is 9.13 Å². The van der Waals surface area contributed by atoms with Crippen LogP contribution in [-0.4, -0.2) is 96.7 Å². The summed E-state index contributed by atoms with van der Waals surface area (Å²) in [6.07, 6.45) is 68.9. The molecule has 0 spiro atoms. The Hall–Kier alpha value is -3.50. The minimum absolute atomic E-state index is 0.0773. The molecule has 0 aromatic carbocycles. The van der Waals surface area contributed by atoms with Gasteiger partial charge in [-0.15, -0.1) is 0 Å². The van der Waals surface area contributed by atoms with Crippen molar-refractivity contribution in [2.75, 3.05) is 39.6 Å². The van der Waals surface area contributed by atoms with Gasteiger partial charge in [-0.2, -0.15) is 0 Å². The molecule has 0 aromatic heterocycles. The van der Waals surface area contributed by atoms with Crippen LogP contribution >= 0.6 is 15.6 Å². The Kier molecular flexibility index (Phi) is 67.4. The van der Waals surface area contributed by atoms with Crippen LogP contribution in [0.2, 0.25) is 0 Å². The van der Waals surface area contributed by atoms with Crippen molar-refractivity contribution in [2.24, 2.45) is 0 Å². The number of esters is 4. The largest absolute Gasteiger partial charge is 0.472 e. The molecule has 0 saturated carbocycles. The lowest BCUT2D eigenvalue weighted by Gasteiger charge is -2.21. The molecule has 17 nitrogen and oxygen atoms in total. The Morgan fingerprint density at radius 1 is 0.292 bits per heavy atom. The molecular weight excluding hydrogens is 1260 g/mol. The maximum atomic E-state index is 13.1. The second kappa shape index (κ2) is 70.0. The van der Waals surface area contributed by atoms with Crippen LogP contribution in [0.3, 0.4) is 0 Å². The second-order valence-corrected chi connectivity index (χ2v) is 28.5. The van der Waals surface area contributed by atoms with Crippen molar-refractivity contribution in [3.05, 3.63) is 72.9 Å². The van der Waals surface area contributed by atoms with Crippen molar-refractivity contribution >= 4 is 39.5 Å². The number of unbranched alkanes of at least 4 members (excludes halogenated alkanes) is 34. The van der Waals surface area contributed by atoms with Gasteiger partial charge in [-0.05, 0) is 135 Å². The first-order chi connectivity index (χ1) is 46.7. The molecule has 0 aromatic rings. The number of phosphoric acid groups is 2. The fourth-order valence-electron chi connectivity index (χ4n) is 10.2. The zero-order valence-electron chi connectivity index (χ0n) is 60.8. The van der Waals surface area contributed by atoms with Crippen LogP contribution in [0.1, 0.15) is 336 Å². The number of carbonyl (C=O) groups is 4. The number of carbonyl (C=O) groups excluding carboxylic acids is 4. The molecule has 0 amide bonds. The highest BCUT2D eigenvalue weighted by Gasteiger charge is 2.30. The lowest BCUT2D eigenvalue weighted by molar-refractivity contribution is -0.161. The molecule has 19 heteroatoms. The van der Waals surface area contributed by atoms with Crippen LogP contribution in [0.5, 0.6) is 0 Å². The maximum Gasteiger partial charge on any atom is 0.472 e. The number of aliphatic hydroxyl groups excluding tert-OH is 1. The molecule has 3 N–H and O–H groups in total. The molecule has 0 bridgehead atoms. The van der Waals surface area contributed by atoms with E-state index in [0.717, 1.165) is 173 Å². The summed E-state index contributed by atoms with van der Waals surface area (Å²) in [6, 6.07) is 0. The molecule has 0 heterocycles. The average molecular weight is 1400 g/mol. The zero-order chi connectivity index (χ0) is 70.4. The molecule has 558 valence electrons. The first-order valence-corrected chi connectivity index (χ1v) is 41.2. The van der Waals surface area contributed by atoms with Crippen molar-refractivity contribution in [1.29, 1.82) is 0 Å². The van der Waals surface area contributed by atoms with Crippen LogP contribution in [-0.2, 0) is 65.4 Å². The van der Waals surface area contributed by atoms with E-state index in [1.807, 2.05) is 0 Å². The van der Waals surface area contributed by atoms with Crippen LogP contribution in [0.25, 0.3) is 0 Å². The summed E-state index contributed by atoms with van der Waals surface area (Å²) in [6.45, 7) is 4.74. The van der Waals surface area contributed by atoms with Gasteiger partial charge in [0.05, 0.1) is 26.4 Å². The van der Waals surface area contributed by atoms with Crippen LogP contribution < -0.4 is 0 Å². The highest BCUT2D eigenvalue weighted by molar-refractivity contribution is 7.47. The van der Waals surface area contributed by atoms with E-state index >= 15 is 0 Å². The first kappa shape index (κ1) is 92.5. The topological polar surface area (TPSA) is 237 Å². The van der Waals surface area contributed by atoms with Gasteiger partial charge >= 0.3 is 39.5 Å². The van der Waals surface area contributed by atoms with Crippen LogP contribution in [0.4, 0.5) is 0 Å². The number of allylic oxidation sites excluding steroid dienone is 12. The molecule has 0 aliphatic heterocycles. The quantitative estimate of drug-likeness (QED) is 0.0169. The highest BCUT2D eigenvalue weighted by Crippen LogP contribution is 2.45. The third-order valence-corrected chi connectivity index (χ3v) is 18.0. The summed E-state index contributed by atoms with van der Waals surface area (Å²) in [5.74, 6) is -2.20. The van der Waals surface area contributed by atoms with E-state index in [0.29, 0.717) is 25.7 Å². The van der Waals surface area contributed by atoms with E-state index in [2.05, 4.69) is 101 Å². The highest BCUT2D eigenvalue weighted by atomic mass is 31.2. The van der Waals surface area contributed by atoms with Crippen LogP contribution in [0, 0.1) is 0 Å². The lowest BCUT2D eigenvalue weighted by atomic mass is 10.1. The number of ether oxygens (including phenoxy) is 4. The molecule has 0 aliphatic carbocycles. The summed E-state index contributed by atoms with van der Waals surface area (Å²) >= 11 is 0. The Morgan fingerprint density at radius 2 is 0.531 bits per heavy atom. The van der Waals surface area contributed by atoms with E-state index in [9.17, 15) is 43.2 Å². The van der Waals surface area contributed by atoms with Gasteiger partial charge in [0.1, 0.15) is 19.3 Å². The minimum Gasteiger partial charge on any atom is -0.462 e. The van der Waals surface area contributed by atoms with Gasteiger partial charge in [-0.3, -0.25) is 37.3 Å². The number of aliphatic hydroxyl groups is 1. The fraction of sp³-hybridized carbons (Fsp3) is 0.792. The summed E-state index contributed by atoms with van der Waals surface area (Å²) in [7, 11) is -9.95. The average Bonchev–Trinajstić information content (AvgIpc) is 1.15. The first-order valence-electron chi connectivity index (χ1n) is 38.2. The molecule has 96 heavy (non-hydrogen) atoms. The summed E-state index contributed by atoms with van der Waals surface area (Å²) in [5, 5.41) is 10.6. The Labute approximate surface area is 583 Å². The summed E-state index contributed by atoms with van der Waals surface area (Å²) in [4.78, 5) is 72.8. The van der Waals surface area contributed by atoms with Gasteiger partial charge in [0.25, 0.3) is 0 Å². The summed E-state index contributed by atoms with van der Waals surface area (Å²) in [5.41, 5.74) is 0. The van der Waals surface area contributed by atoms with Gasteiger partial charge in [0, 0.05) is 25.7 Å². The second-order valence-electron chi connectivity index (χ2n) is 25.6. The van der Waals surface area contributed by atoms with Crippen molar-refractivity contribution < 1.29 is 80.2 Å². The van der Waals surface area contributed by atoms with Gasteiger partial charge in [-0.1, -0.05) is 248 Å². The molecule has 5 atom stereocenters. The zero-order valence-corrected chi connectivity index (χ0v) is 62.6. The van der Waals surface area contributed by atoms with Crippen molar-refractivity contribution in [3.63, 3.8) is 0 Å².